The molecule has 0 aliphatic heterocycles. The largest absolute Gasteiger partial charge is 0.479 e. The second-order valence-electron chi connectivity index (χ2n) is 4.89. The molecule has 0 bridgehead atoms. The lowest BCUT2D eigenvalue weighted by Crippen LogP contribution is -2.38. The predicted octanol–water partition coefficient (Wildman–Crippen LogP) is 2.23. The first-order valence-electron chi connectivity index (χ1n) is 6.18. The van der Waals surface area contributed by atoms with Gasteiger partial charge in [0.1, 0.15) is 5.69 Å². The maximum Gasteiger partial charge on any atom is 0.479 e. The van der Waals surface area contributed by atoms with Crippen LogP contribution in [0.3, 0.4) is 0 Å². The van der Waals surface area contributed by atoms with Crippen molar-refractivity contribution in [1.29, 1.82) is 0 Å². The van der Waals surface area contributed by atoms with E-state index < -0.39 is 11.9 Å². The standard InChI is InChI=1S/C14H14F3N3O/c1-19(2)13(21)10-6-4-5-9(7-10)11-8-12(14(15,16)17)20(3)18-11/h4-8H,1-3H3/p+1. The molecule has 0 unspecified atom stereocenters. The third-order valence-electron chi connectivity index (χ3n) is 3.05. The average Bonchev–Trinajstić information content (AvgIpc) is 2.80. The minimum absolute atomic E-state index is 0.205. The van der Waals surface area contributed by atoms with Gasteiger partial charge in [0.2, 0.25) is 0 Å². The number of carbonyl (C=O) groups is 1. The minimum atomic E-state index is -4.43. The number of nitrogens with one attached hydrogen (secondary N) is 1. The lowest BCUT2D eigenvalue weighted by atomic mass is 10.1. The van der Waals surface area contributed by atoms with Crippen LogP contribution in [0, 0.1) is 0 Å². The summed E-state index contributed by atoms with van der Waals surface area (Å²) in [4.78, 5) is 13.3. The summed E-state index contributed by atoms with van der Waals surface area (Å²) in [5, 5.41) is 2.63. The molecule has 0 saturated carbocycles. The van der Waals surface area contributed by atoms with E-state index in [9.17, 15) is 18.0 Å². The van der Waals surface area contributed by atoms with E-state index in [4.69, 9.17) is 0 Å². The Morgan fingerprint density at radius 2 is 1.90 bits per heavy atom. The monoisotopic (exact) mass is 298 g/mol. The zero-order chi connectivity index (χ0) is 15.8. The Labute approximate surface area is 119 Å². The zero-order valence-electron chi connectivity index (χ0n) is 11.8. The van der Waals surface area contributed by atoms with E-state index in [1.54, 1.807) is 38.4 Å². The van der Waals surface area contributed by atoms with E-state index in [0.717, 1.165) is 10.7 Å². The van der Waals surface area contributed by atoms with Gasteiger partial charge in [0, 0.05) is 31.3 Å². The second kappa shape index (κ2) is 5.23. The molecule has 7 heteroatoms. The van der Waals surface area contributed by atoms with Crippen molar-refractivity contribution in [1.82, 2.24) is 10.00 Å². The number of halogens is 3. The molecule has 0 saturated heterocycles. The molecule has 1 aromatic carbocycles. The Balaban J connectivity index is 2.44. The fourth-order valence-corrected chi connectivity index (χ4v) is 2.00. The van der Waals surface area contributed by atoms with E-state index in [1.165, 1.54) is 11.9 Å². The van der Waals surface area contributed by atoms with Crippen LogP contribution in [0.2, 0.25) is 0 Å². The van der Waals surface area contributed by atoms with Gasteiger partial charge in [-0.1, -0.05) is 12.1 Å². The lowest BCUT2D eigenvalue weighted by molar-refractivity contribution is -0.742. The Hall–Kier alpha value is -2.31. The van der Waals surface area contributed by atoms with Crippen molar-refractivity contribution in [3.63, 3.8) is 0 Å². The van der Waals surface area contributed by atoms with E-state index in [2.05, 4.69) is 5.10 Å². The summed E-state index contributed by atoms with van der Waals surface area (Å²) in [5.74, 6) is -0.205. The van der Waals surface area contributed by atoms with Crippen LogP contribution in [-0.4, -0.2) is 30.0 Å². The Bertz CT molecular complexity index is 674. The van der Waals surface area contributed by atoms with Crippen LogP contribution in [0.4, 0.5) is 13.2 Å². The molecule has 0 radical (unpaired) electrons. The Morgan fingerprint density at radius 1 is 1.24 bits per heavy atom. The summed E-state index contributed by atoms with van der Waals surface area (Å²) < 4.78 is 39.3. The van der Waals surface area contributed by atoms with Crippen LogP contribution in [0.25, 0.3) is 11.3 Å². The van der Waals surface area contributed by atoms with Gasteiger partial charge in [0.25, 0.3) is 5.91 Å². The number of benzene rings is 1. The first-order valence-corrected chi connectivity index (χ1v) is 6.18. The molecule has 1 heterocycles. The summed E-state index contributed by atoms with van der Waals surface area (Å²) in [6, 6.07) is 7.51. The maximum atomic E-state index is 12.8. The first-order chi connectivity index (χ1) is 9.70. The van der Waals surface area contributed by atoms with Gasteiger partial charge < -0.3 is 4.90 Å². The topological polar surface area (TPSA) is 40.0 Å². The molecule has 0 aliphatic rings. The Kier molecular flexibility index (Phi) is 3.76. The van der Waals surface area contributed by atoms with E-state index in [0.29, 0.717) is 16.8 Å². The van der Waals surface area contributed by atoms with Crippen molar-refractivity contribution in [3.8, 4) is 11.3 Å². The van der Waals surface area contributed by atoms with Crippen LogP contribution in [-0.2, 0) is 13.2 Å². The number of aromatic nitrogens is 2. The van der Waals surface area contributed by atoms with Crippen LogP contribution in [0.1, 0.15) is 16.1 Å². The average molecular weight is 298 g/mol. The molecule has 0 fully saturated rings. The van der Waals surface area contributed by atoms with Crippen molar-refractivity contribution >= 4 is 5.91 Å². The number of hydrogen-bond donors (Lipinski definition) is 1. The number of hydrogen-bond acceptors (Lipinski definition) is 1. The van der Waals surface area contributed by atoms with Gasteiger partial charge in [0.05, 0.1) is 0 Å². The molecule has 0 spiro atoms. The van der Waals surface area contributed by atoms with E-state index in [1.807, 2.05) is 0 Å². The molecule has 112 valence electrons. The van der Waals surface area contributed by atoms with Crippen molar-refractivity contribution in [2.24, 2.45) is 7.05 Å². The highest BCUT2D eigenvalue weighted by Crippen LogP contribution is 2.29. The highest BCUT2D eigenvalue weighted by molar-refractivity contribution is 5.95. The third kappa shape index (κ3) is 3.07. The van der Waals surface area contributed by atoms with E-state index >= 15 is 0 Å². The molecule has 1 N–H and O–H groups in total. The van der Waals surface area contributed by atoms with Crippen LogP contribution in [0.5, 0.6) is 0 Å². The fourth-order valence-electron chi connectivity index (χ4n) is 2.00. The van der Waals surface area contributed by atoms with Crippen molar-refractivity contribution in [2.75, 3.05) is 14.1 Å². The first kappa shape index (κ1) is 15.1. The highest BCUT2D eigenvalue weighted by atomic mass is 19.4. The van der Waals surface area contributed by atoms with Gasteiger partial charge in [-0.3, -0.25) is 4.79 Å². The number of carbonyl (C=O) groups excluding carboxylic acids is 1. The number of aromatic amines is 1. The molecule has 21 heavy (non-hydrogen) atoms. The fraction of sp³-hybridized carbons (Fsp3) is 0.286. The summed E-state index contributed by atoms with van der Waals surface area (Å²) in [5.41, 5.74) is 0.470. The molecule has 1 aromatic heterocycles. The molecular formula is C14H15F3N3O+. The van der Waals surface area contributed by atoms with Crippen molar-refractivity contribution < 1.29 is 22.6 Å². The lowest BCUT2D eigenvalue weighted by Gasteiger charge is -2.10. The third-order valence-corrected chi connectivity index (χ3v) is 3.05. The van der Waals surface area contributed by atoms with Gasteiger partial charge in [0.15, 0.2) is 7.05 Å². The van der Waals surface area contributed by atoms with Gasteiger partial charge in [-0.05, 0) is 12.1 Å². The quantitative estimate of drug-likeness (QED) is 0.849. The van der Waals surface area contributed by atoms with Gasteiger partial charge >= 0.3 is 11.9 Å². The predicted molar refractivity (Wildman–Crippen MR) is 70.4 cm³/mol. The van der Waals surface area contributed by atoms with Gasteiger partial charge in [-0.25, -0.2) is 0 Å². The van der Waals surface area contributed by atoms with Gasteiger partial charge in [-0.15, -0.1) is 4.68 Å². The van der Waals surface area contributed by atoms with Crippen molar-refractivity contribution in [2.45, 2.75) is 6.18 Å². The maximum absolute atomic E-state index is 12.8. The molecule has 4 nitrogen and oxygen atoms in total. The summed E-state index contributed by atoms with van der Waals surface area (Å²) in [6.07, 6.45) is -4.43. The van der Waals surface area contributed by atoms with E-state index in [-0.39, 0.29) is 5.91 Å². The molecule has 2 aromatic rings. The van der Waals surface area contributed by atoms with Crippen LogP contribution in [0.15, 0.2) is 30.3 Å². The SMILES string of the molecule is CN(C)C(=O)c1cccc(-c2cc(C(F)(F)F)[n+](C)[nH]2)c1. The number of alkyl halides is 3. The molecule has 1 amide bonds. The number of rotatable bonds is 2. The summed E-state index contributed by atoms with van der Waals surface area (Å²) >= 11 is 0. The van der Waals surface area contributed by atoms with Crippen molar-refractivity contribution in [3.05, 3.63) is 41.6 Å². The zero-order valence-corrected chi connectivity index (χ0v) is 11.8. The van der Waals surface area contributed by atoms with Crippen LogP contribution < -0.4 is 4.68 Å². The normalized spacial score (nSPS) is 11.5. The number of nitrogens with zero attached hydrogens (tertiary/aromatic N) is 2. The summed E-state index contributed by atoms with van der Waals surface area (Å²) in [7, 11) is 4.53. The smallest absolute Gasteiger partial charge is 0.345 e. The number of amides is 1. The summed E-state index contributed by atoms with van der Waals surface area (Å²) in [6.45, 7) is 0. The highest BCUT2D eigenvalue weighted by Gasteiger charge is 2.42. The number of aryl methyl sites for hydroxylation is 1. The Morgan fingerprint density at radius 3 is 2.43 bits per heavy atom. The molecular weight excluding hydrogens is 283 g/mol. The molecule has 2 rings (SSSR count). The number of H-pyrrole nitrogens is 1. The molecule has 0 aliphatic carbocycles. The second-order valence-corrected chi connectivity index (χ2v) is 4.89. The minimum Gasteiger partial charge on any atom is -0.345 e. The van der Waals surface area contributed by atoms with Gasteiger partial charge in [-0.2, -0.15) is 18.3 Å². The van der Waals surface area contributed by atoms with Crippen LogP contribution >= 0.6 is 0 Å². The molecule has 0 atom stereocenters.